The number of aryl methyl sites for hydroxylation is 2. The van der Waals surface area contributed by atoms with E-state index in [1.165, 1.54) is 6.07 Å². The van der Waals surface area contributed by atoms with Gasteiger partial charge in [0.1, 0.15) is 5.82 Å². The largest absolute Gasteiger partial charge is 0.385 e. The van der Waals surface area contributed by atoms with Crippen LogP contribution in [0.4, 0.5) is 16.0 Å². The summed E-state index contributed by atoms with van der Waals surface area (Å²) in [6.45, 7) is 3.36. The SMILES string of the molecule is COCCCn1cc(C)nc1Nc1cc(Br)ccc1F. The van der Waals surface area contributed by atoms with Crippen LogP contribution in [0.3, 0.4) is 0 Å². The molecule has 1 aromatic carbocycles. The Hall–Kier alpha value is -1.40. The molecule has 1 heterocycles. The molecule has 0 unspecified atom stereocenters. The molecule has 0 radical (unpaired) electrons. The first-order valence-electron chi connectivity index (χ1n) is 6.35. The fraction of sp³-hybridized carbons (Fsp3) is 0.357. The molecule has 0 aliphatic carbocycles. The van der Waals surface area contributed by atoms with Crippen LogP contribution in [0.2, 0.25) is 0 Å². The number of rotatable bonds is 6. The van der Waals surface area contributed by atoms with Crippen molar-refractivity contribution in [3.63, 3.8) is 0 Å². The molecule has 6 heteroatoms. The minimum Gasteiger partial charge on any atom is -0.385 e. The number of hydrogen-bond acceptors (Lipinski definition) is 3. The minimum atomic E-state index is -0.308. The fourth-order valence-electron chi connectivity index (χ4n) is 1.91. The van der Waals surface area contributed by atoms with Gasteiger partial charge in [-0.3, -0.25) is 0 Å². The van der Waals surface area contributed by atoms with Crippen molar-refractivity contribution in [2.45, 2.75) is 19.9 Å². The van der Waals surface area contributed by atoms with Crippen molar-refractivity contribution < 1.29 is 9.13 Å². The van der Waals surface area contributed by atoms with Gasteiger partial charge in [-0.15, -0.1) is 0 Å². The lowest BCUT2D eigenvalue weighted by Crippen LogP contribution is -2.06. The monoisotopic (exact) mass is 341 g/mol. The molecule has 0 aliphatic heterocycles. The lowest BCUT2D eigenvalue weighted by atomic mass is 10.3. The minimum absolute atomic E-state index is 0.308. The van der Waals surface area contributed by atoms with Gasteiger partial charge < -0.3 is 14.6 Å². The molecule has 0 saturated heterocycles. The highest BCUT2D eigenvalue weighted by Gasteiger charge is 2.09. The highest BCUT2D eigenvalue weighted by molar-refractivity contribution is 9.10. The molecule has 2 rings (SSSR count). The lowest BCUT2D eigenvalue weighted by molar-refractivity contribution is 0.190. The zero-order valence-electron chi connectivity index (χ0n) is 11.5. The predicted molar refractivity (Wildman–Crippen MR) is 80.8 cm³/mol. The van der Waals surface area contributed by atoms with Crippen LogP contribution < -0.4 is 5.32 Å². The maximum absolute atomic E-state index is 13.8. The number of anilines is 2. The first-order chi connectivity index (χ1) is 9.60. The average Bonchev–Trinajstić information content (AvgIpc) is 2.74. The summed E-state index contributed by atoms with van der Waals surface area (Å²) in [6, 6.07) is 4.77. The van der Waals surface area contributed by atoms with Crippen molar-refractivity contribution in [2.24, 2.45) is 0 Å². The molecule has 20 heavy (non-hydrogen) atoms. The van der Waals surface area contributed by atoms with E-state index in [0.717, 1.165) is 23.1 Å². The summed E-state index contributed by atoms with van der Waals surface area (Å²) >= 11 is 3.33. The summed E-state index contributed by atoms with van der Waals surface area (Å²) in [7, 11) is 1.68. The number of ether oxygens (including phenoxy) is 1. The van der Waals surface area contributed by atoms with Crippen LogP contribution in [0, 0.1) is 12.7 Å². The molecular weight excluding hydrogens is 325 g/mol. The molecular formula is C14H17BrFN3O. The number of hydrogen-bond donors (Lipinski definition) is 1. The summed E-state index contributed by atoms with van der Waals surface area (Å²) < 4.78 is 21.6. The first-order valence-corrected chi connectivity index (χ1v) is 7.14. The Kier molecular flexibility index (Phi) is 5.14. The van der Waals surface area contributed by atoms with Crippen LogP contribution in [0.15, 0.2) is 28.9 Å². The van der Waals surface area contributed by atoms with Crippen LogP contribution >= 0.6 is 15.9 Å². The second kappa shape index (κ2) is 6.85. The Bertz CT molecular complexity index is 586. The van der Waals surface area contributed by atoms with Crippen molar-refractivity contribution >= 4 is 27.6 Å². The van der Waals surface area contributed by atoms with Gasteiger partial charge >= 0.3 is 0 Å². The zero-order chi connectivity index (χ0) is 14.5. The summed E-state index contributed by atoms with van der Waals surface area (Å²) in [5, 5.41) is 3.04. The van der Waals surface area contributed by atoms with Crippen LogP contribution in [0.1, 0.15) is 12.1 Å². The third kappa shape index (κ3) is 3.80. The number of imidazole rings is 1. The summed E-state index contributed by atoms with van der Waals surface area (Å²) in [6.07, 6.45) is 2.82. The van der Waals surface area contributed by atoms with Crippen LogP contribution in [-0.2, 0) is 11.3 Å². The fourth-order valence-corrected chi connectivity index (χ4v) is 2.27. The topological polar surface area (TPSA) is 39.1 Å². The van der Waals surface area contributed by atoms with Gasteiger partial charge in [-0.05, 0) is 31.5 Å². The molecule has 4 nitrogen and oxygen atoms in total. The van der Waals surface area contributed by atoms with Gasteiger partial charge in [0.05, 0.1) is 11.4 Å². The van der Waals surface area contributed by atoms with E-state index in [2.05, 4.69) is 26.2 Å². The Morgan fingerprint density at radius 2 is 2.25 bits per heavy atom. The quantitative estimate of drug-likeness (QED) is 0.810. The molecule has 0 spiro atoms. The van der Waals surface area contributed by atoms with Crippen molar-refractivity contribution in [3.05, 3.63) is 40.4 Å². The number of halogens is 2. The molecule has 0 amide bonds. The number of nitrogens with one attached hydrogen (secondary N) is 1. The van der Waals surface area contributed by atoms with E-state index in [9.17, 15) is 4.39 Å². The standard InChI is InChI=1S/C14H17BrFN3O/c1-10-9-19(6-3-7-20-2)14(17-10)18-13-8-11(15)4-5-12(13)16/h4-5,8-9H,3,6-7H2,1-2H3,(H,17,18). The van der Waals surface area contributed by atoms with E-state index in [4.69, 9.17) is 4.74 Å². The van der Waals surface area contributed by atoms with Crippen LogP contribution in [-0.4, -0.2) is 23.3 Å². The Morgan fingerprint density at radius 3 is 3.00 bits per heavy atom. The predicted octanol–water partition coefficient (Wildman–Crippen LogP) is 3.87. The van der Waals surface area contributed by atoms with Crippen LogP contribution in [0.5, 0.6) is 0 Å². The van der Waals surface area contributed by atoms with E-state index in [1.54, 1.807) is 19.2 Å². The maximum Gasteiger partial charge on any atom is 0.207 e. The van der Waals surface area contributed by atoms with Gasteiger partial charge in [-0.1, -0.05) is 15.9 Å². The van der Waals surface area contributed by atoms with Gasteiger partial charge in [-0.25, -0.2) is 9.37 Å². The smallest absolute Gasteiger partial charge is 0.207 e. The van der Waals surface area contributed by atoms with Gasteiger partial charge in [-0.2, -0.15) is 0 Å². The molecule has 2 aromatic rings. The molecule has 0 saturated carbocycles. The van der Waals surface area contributed by atoms with Gasteiger partial charge in [0.25, 0.3) is 0 Å². The highest BCUT2D eigenvalue weighted by atomic mass is 79.9. The van der Waals surface area contributed by atoms with Gasteiger partial charge in [0, 0.05) is 30.9 Å². The Morgan fingerprint density at radius 1 is 1.45 bits per heavy atom. The van der Waals surface area contributed by atoms with E-state index < -0.39 is 0 Å². The molecule has 0 fully saturated rings. The van der Waals surface area contributed by atoms with Crippen molar-refractivity contribution in [1.82, 2.24) is 9.55 Å². The second-order valence-electron chi connectivity index (χ2n) is 4.49. The van der Waals surface area contributed by atoms with Gasteiger partial charge in [0.15, 0.2) is 0 Å². The number of aromatic nitrogens is 2. The lowest BCUT2D eigenvalue weighted by Gasteiger charge is -2.10. The first kappa shape index (κ1) is 15.0. The van der Waals surface area contributed by atoms with E-state index in [0.29, 0.717) is 18.2 Å². The molecule has 1 N–H and O–H groups in total. The van der Waals surface area contributed by atoms with Gasteiger partial charge in [0.2, 0.25) is 5.95 Å². The Balaban J connectivity index is 2.17. The van der Waals surface area contributed by atoms with E-state index >= 15 is 0 Å². The summed E-state index contributed by atoms with van der Waals surface area (Å²) in [5.41, 5.74) is 1.29. The average molecular weight is 342 g/mol. The molecule has 0 bridgehead atoms. The molecule has 1 aromatic heterocycles. The van der Waals surface area contributed by atoms with Crippen molar-refractivity contribution in [3.8, 4) is 0 Å². The Labute approximate surface area is 126 Å². The van der Waals surface area contributed by atoms with Crippen molar-refractivity contribution in [1.29, 1.82) is 0 Å². The normalized spacial score (nSPS) is 10.8. The maximum atomic E-state index is 13.8. The summed E-state index contributed by atoms with van der Waals surface area (Å²) in [4.78, 5) is 4.38. The molecule has 108 valence electrons. The van der Waals surface area contributed by atoms with Crippen molar-refractivity contribution in [2.75, 3.05) is 19.0 Å². The molecule has 0 aliphatic rings. The number of methoxy groups -OCH3 is 1. The number of nitrogens with zero attached hydrogens (tertiary/aromatic N) is 2. The highest BCUT2D eigenvalue weighted by Crippen LogP contribution is 2.23. The van der Waals surface area contributed by atoms with E-state index in [-0.39, 0.29) is 5.82 Å². The van der Waals surface area contributed by atoms with E-state index in [1.807, 2.05) is 17.7 Å². The third-order valence-electron chi connectivity index (χ3n) is 2.82. The number of benzene rings is 1. The zero-order valence-corrected chi connectivity index (χ0v) is 13.1. The molecule has 0 atom stereocenters. The second-order valence-corrected chi connectivity index (χ2v) is 5.41. The third-order valence-corrected chi connectivity index (χ3v) is 3.31. The summed E-state index contributed by atoms with van der Waals surface area (Å²) in [5.74, 6) is 0.327. The van der Waals surface area contributed by atoms with Crippen LogP contribution in [0.25, 0.3) is 0 Å².